The Kier molecular flexibility index (Phi) is 4.28. The molecule has 0 aliphatic rings. The standard InChI is InChI=1S/C12H8BrNO4S/c13-8-5-6-19-12(8)10(15)7-18-11-4-2-1-3-9(11)14(16)17/h1-6H,7H2. The lowest BCUT2D eigenvalue weighted by Gasteiger charge is -2.05. The number of nitro groups is 1. The minimum absolute atomic E-state index is 0.0912. The third-order valence-corrected chi connectivity index (χ3v) is 4.17. The van der Waals surface area contributed by atoms with E-state index in [0.29, 0.717) is 9.35 Å². The first kappa shape index (κ1) is 13.7. The number of nitro benzene ring substituents is 1. The Hall–Kier alpha value is -1.73. The molecule has 0 aliphatic carbocycles. The number of rotatable bonds is 5. The van der Waals surface area contributed by atoms with Crippen LogP contribution in [-0.2, 0) is 0 Å². The van der Waals surface area contributed by atoms with Crippen LogP contribution in [0.2, 0.25) is 0 Å². The van der Waals surface area contributed by atoms with Crippen molar-refractivity contribution < 1.29 is 14.5 Å². The maximum Gasteiger partial charge on any atom is 0.310 e. The summed E-state index contributed by atoms with van der Waals surface area (Å²) in [6.07, 6.45) is 0. The van der Waals surface area contributed by atoms with Gasteiger partial charge in [-0.3, -0.25) is 14.9 Å². The molecule has 98 valence electrons. The predicted octanol–water partition coefficient (Wildman–Crippen LogP) is 3.68. The first-order valence-electron chi connectivity index (χ1n) is 5.22. The second-order valence-corrected chi connectivity index (χ2v) is 5.30. The second-order valence-electron chi connectivity index (χ2n) is 3.53. The van der Waals surface area contributed by atoms with Gasteiger partial charge in [0.15, 0.2) is 12.4 Å². The van der Waals surface area contributed by atoms with Crippen molar-refractivity contribution in [1.82, 2.24) is 0 Å². The van der Waals surface area contributed by atoms with E-state index in [1.165, 1.54) is 23.5 Å². The fraction of sp³-hybridized carbons (Fsp3) is 0.0833. The van der Waals surface area contributed by atoms with Crippen LogP contribution in [0, 0.1) is 10.1 Å². The van der Waals surface area contributed by atoms with Gasteiger partial charge in [-0.2, -0.15) is 0 Å². The van der Waals surface area contributed by atoms with Gasteiger partial charge in [0.1, 0.15) is 0 Å². The van der Waals surface area contributed by atoms with Crippen LogP contribution in [0.3, 0.4) is 0 Å². The molecule has 0 spiro atoms. The number of carbonyl (C=O) groups is 1. The number of hydrogen-bond acceptors (Lipinski definition) is 5. The largest absolute Gasteiger partial charge is 0.478 e. The van der Waals surface area contributed by atoms with E-state index in [4.69, 9.17) is 4.74 Å². The molecule has 1 heterocycles. The van der Waals surface area contributed by atoms with Crippen LogP contribution in [0.5, 0.6) is 5.75 Å². The van der Waals surface area contributed by atoms with E-state index in [0.717, 1.165) is 0 Å². The van der Waals surface area contributed by atoms with Gasteiger partial charge in [-0.15, -0.1) is 11.3 Å². The van der Waals surface area contributed by atoms with E-state index in [-0.39, 0.29) is 23.8 Å². The number of hydrogen-bond donors (Lipinski definition) is 0. The Morgan fingerprint density at radius 3 is 2.74 bits per heavy atom. The highest BCUT2D eigenvalue weighted by Gasteiger charge is 2.17. The molecule has 0 bridgehead atoms. The molecule has 7 heteroatoms. The Morgan fingerprint density at radius 1 is 1.37 bits per heavy atom. The lowest BCUT2D eigenvalue weighted by molar-refractivity contribution is -0.385. The molecule has 0 atom stereocenters. The summed E-state index contributed by atoms with van der Waals surface area (Å²) in [5, 5.41) is 12.6. The number of halogens is 1. The quantitative estimate of drug-likeness (QED) is 0.472. The van der Waals surface area contributed by atoms with E-state index < -0.39 is 4.92 Å². The van der Waals surface area contributed by atoms with Crippen molar-refractivity contribution in [2.75, 3.05) is 6.61 Å². The molecule has 2 rings (SSSR count). The van der Waals surface area contributed by atoms with Crippen molar-refractivity contribution in [3.8, 4) is 5.75 Å². The zero-order chi connectivity index (χ0) is 13.8. The fourth-order valence-electron chi connectivity index (χ4n) is 1.43. The summed E-state index contributed by atoms with van der Waals surface area (Å²) in [5.41, 5.74) is -0.152. The Bertz CT molecular complexity index is 626. The highest BCUT2D eigenvalue weighted by molar-refractivity contribution is 9.10. The number of nitrogens with zero attached hydrogens (tertiary/aromatic N) is 1. The molecule has 0 N–H and O–H groups in total. The normalized spacial score (nSPS) is 10.2. The number of carbonyl (C=O) groups excluding carboxylic acids is 1. The van der Waals surface area contributed by atoms with Crippen LogP contribution in [0.15, 0.2) is 40.2 Å². The van der Waals surface area contributed by atoms with Crippen LogP contribution in [0.25, 0.3) is 0 Å². The molecular weight excluding hydrogens is 334 g/mol. The van der Waals surface area contributed by atoms with Crippen molar-refractivity contribution in [3.05, 3.63) is 55.2 Å². The SMILES string of the molecule is O=C(COc1ccccc1[N+](=O)[O-])c1sccc1Br. The van der Waals surface area contributed by atoms with Gasteiger partial charge < -0.3 is 4.74 Å². The minimum atomic E-state index is -0.541. The van der Waals surface area contributed by atoms with Gasteiger partial charge in [0, 0.05) is 10.5 Å². The maximum absolute atomic E-state index is 11.9. The monoisotopic (exact) mass is 341 g/mol. The highest BCUT2D eigenvalue weighted by atomic mass is 79.9. The summed E-state index contributed by atoms with van der Waals surface area (Å²) in [6.45, 7) is -0.232. The van der Waals surface area contributed by atoms with E-state index in [9.17, 15) is 14.9 Å². The average Bonchev–Trinajstić information content (AvgIpc) is 2.82. The van der Waals surface area contributed by atoms with E-state index in [2.05, 4.69) is 15.9 Å². The van der Waals surface area contributed by atoms with Gasteiger partial charge in [0.05, 0.1) is 9.80 Å². The van der Waals surface area contributed by atoms with Gasteiger partial charge in [-0.25, -0.2) is 0 Å². The zero-order valence-electron chi connectivity index (χ0n) is 9.54. The molecule has 1 aromatic carbocycles. The number of ether oxygens (including phenoxy) is 1. The van der Waals surface area contributed by atoms with Crippen LogP contribution >= 0.6 is 27.3 Å². The first-order valence-corrected chi connectivity index (χ1v) is 6.89. The molecule has 1 aromatic heterocycles. The van der Waals surface area contributed by atoms with Crippen molar-refractivity contribution in [2.24, 2.45) is 0 Å². The molecule has 0 saturated heterocycles. The highest BCUT2D eigenvalue weighted by Crippen LogP contribution is 2.27. The number of Topliss-reactive ketones (excluding diaryl/α,β-unsaturated/α-hetero) is 1. The molecule has 2 aromatic rings. The predicted molar refractivity (Wildman–Crippen MR) is 74.9 cm³/mol. The molecule has 0 unspecified atom stereocenters. The van der Waals surface area contributed by atoms with Crippen LogP contribution in [0.4, 0.5) is 5.69 Å². The smallest absolute Gasteiger partial charge is 0.310 e. The van der Waals surface area contributed by atoms with E-state index in [1.807, 2.05) is 0 Å². The molecule has 0 saturated carbocycles. The van der Waals surface area contributed by atoms with Gasteiger partial charge in [0.2, 0.25) is 5.78 Å². The van der Waals surface area contributed by atoms with Crippen molar-refractivity contribution >= 4 is 38.7 Å². The van der Waals surface area contributed by atoms with Gasteiger partial charge in [-0.05, 0) is 33.4 Å². The van der Waals surface area contributed by atoms with E-state index >= 15 is 0 Å². The Balaban J connectivity index is 2.10. The maximum atomic E-state index is 11.9. The molecule has 0 radical (unpaired) electrons. The third-order valence-electron chi connectivity index (χ3n) is 2.29. The summed E-state index contributed by atoms with van der Waals surface area (Å²) in [4.78, 5) is 22.7. The van der Waals surface area contributed by atoms with Crippen molar-refractivity contribution in [1.29, 1.82) is 0 Å². The lowest BCUT2D eigenvalue weighted by atomic mass is 10.3. The third kappa shape index (κ3) is 3.18. The summed E-state index contributed by atoms with van der Waals surface area (Å²) in [7, 11) is 0. The van der Waals surface area contributed by atoms with Gasteiger partial charge in [-0.1, -0.05) is 12.1 Å². The Labute approximate surface area is 121 Å². The molecule has 19 heavy (non-hydrogen) atoms. The van der Waals surface area contributed by atoms with Crippen molar-refractivity contribution in [2.45, 2.75) is 0 Å². The van der Waals surface area contributed by atoms with Crippen LogP contribution in [0.1, 0.15) is 9.67 Å². The molecule has 5 nitrogen and oxygen atoms in total. The second kappa shape index (κ2) is 5.94. The summed E-state index contributed by atoms with van der Waals surface area (Å²) in [6, 6.07) is 7.73. The number of thiophene rings is 1. The van der Waals surface area contributed by atoms with Gasteiger partial charge in [0.25, 0.3) is 0 Å². The number of benzene rings is 1. The number of ketones is 1. The minimum Gasteiger partial charge on any atom is -0.478 e. The van der Waals surface area contributed by atoms with Crippen LogP contribution < -0.4 is 4.74 Å². The van der Waals surface area contributed by atoms with Crippen molar-refractivity contribution in [3.63, 3.8) is 0 Å². The van der Waals surface area contributed by atoms with Gasteiger partial charge >= 0.3 is 5.69 Å². The number of para-hydroxylation sites is 2. The summed E-state index contributed by atoms with van der Waals surface area (Å²) in [5.74, 6) is -0.131. The fourth-order valence-corrected chi connectivity index (χ4v) is 2.95. The summed E-state index contributed by atoms with van der Waals surface area (Å²) >= 11 is 4.55. The lowest BCUT2D eigenvalue weighted by Crippen LogP contribution is -2.11. The molecule has 0 amide bonds. The zero-order valence-corrected chi connectivity index (χ0v) is 11.9. The molecule has 0 fully saturated rings. The first-order chi connectivity index (χ1) is 9.09. The topological polar surface area (TPSA) is 69.4 Å². The summed E-state index contributed by atoms with van der Waals surface area (Å²) < 4.78 is 5.94. The molecular formula is C12H8BrNO4S. The average molecular weight is 342 g/mol. The van der Waals surface area contributed by atoms with Crippen LogP contribution in [-0.4, -0.2) is 17.3 Å². The van der Waals surface area contributed by atoms with E-state index in [1.54, 1.807) is 23.6 Å². The molecule has 0 aliphatic heterocycles. The Morgan fingerprint density at radius 2 is 2.11 bits per heavy atom.